The molecular weight excluding hydrogens is 374 g/mol. The molecule has 0 atom stereocenters. The summed E-state index contributed by atoms with van der Waals surface area (Å²) in [7, 11) is -3.97. The van der Waals surface area contributed by atoms with Gasteiger partial charge in [0.15, 0.2) is 5.76 Å². The van der Waals surface area contributed by atoms with Crippen molar-refractivity contribution in [3.05, 3.63) is 77.9 Å². The molecule has 2 aromatic heterocycles. The molecule has 0 saturated heterocycles. The standard InChI is InChI=1S/C18H12ClN3O3S/c19-14-8-4-5-9-18(14)26(23,24)22-16(10-11-20-22)17-12-15(21-25-17)13-6-2-1-3-7-13/h1-12H. The average molecular weight is 386 g/mol. The van der Waals surface area contributed by atoms with E-state index in [2.05, 4.69) is 10.3 Å². The maximum Gasteiger partial charge on any atom is 0.285 e. The zero-order valence-corrected chi connectivity index (χ0v) is 14.9. The van der Waals surface area contributed by atoms with E-state index in [0.29, 0.717) is 5.69 Å². The van der Waals surface area contributed by atoms with Crippen molar-refractivity contribution in [2.45, 2.75) is 4.90 Å². The Kier molecular flexibility index (Phi) is 4.10. The molecule has 0 saturated carbocycles. The predicted molar refractivity (Wildman–Crippen MR) is 97.2 cm³/mol. The van der Waals surface area contributed by atoms with E-state index in [1.54, 1.807) is 24.3 Å². The SMILES string of the molecule is O=S(=O)(c1ccccc1Cl)n1nccc1-c1cc(-c2ccccc2)no1. The minimum atomic E-state index is -3.97. The second-order valence-corrected chi connectivity index (χ2v) is 7.58. The van der Waals surface area contributed by atoms with E-state index in [4.69, 9.17) is 16.1 Å². The summed E-state index contributed by atoms with van der Waals surface area (Å²) in [5.74, 6) is 0.289. The third-order valence-corrected chi connectivity index (χ3v) is 5.88. The lowest BCUT2D eigenvalue weighted by atomic mass is 10.1. The van der Waals surface area contributed by atoms with Gasteiger partial charge in [-0.2, -0.15) is 13.5 Å². The highest BCUT2D eigenvalue weighted by Gasteiger charge is 2.25. The Hall–Kier alpha value is -2.90. The summed E-state index contributed by atoms with van der Waals surface area (Å²) in [5, 5.41) is 8.09. The van der Waals surface area contributed by atoms with Crippen molar-refractivity contribution in [3.63, 3.8) is 0 Å². The third kappa shape index (κ3) is 2.81. The molecule has 0 unspecified atom stereocenters. The predicted octanol–water partition coefficient (Wildman–Crippen LogP) is 4.10. The summed E-state index contributed by atoms with van der Waals surface area (Å²) < 4.78 is 32.1. The summed E-state index contributed by atoms with van der Waals surface area (Å²) >= 11 is 6.05. The smallest absolute Gasteiger partial charge is 0.285 e. The zero-order chi connectivity index (χ0) is 18.1. The molecule has 4 aromatic rings. The molecule has 2 heterocycles. The van der Waals surface area contributed by atoms with Crippen molar-refractivity contribution in [1.29, 1.82) is 0 Å². The van der Waals surface area contributed by atoms with E-state index >= 15 is 0 Å². The molecule has 0 N–H and O–H groups in total. The van der Waals surface area contributed by atoms with Gasteiger partial charge in [0.25, 0.3) is 10.0 Å². The molecule has 0 amide bonds. The van der Waals surface area contributed by atoms with Crippen LogP contribution in [-0.2, 0) is 10.0 Å². The molecule has 0 aliphatic carbocycles. The number of rotatable bonds is 4. The van der Waals surface area contributed by atoms with Crippen LogP contribution in [0, 0.1) is 0 Å². The maximum atomic E-state index is 12.9. The first kappa shape index (κ1) is 16.6. The van der Waals surface area contributed by atoms with Crippen LogP contribution in [0.4, 0.5) is 0 Å². The molecule has 0 spiro atoms. The molecule has 130 valence electrons. The minimum absolute atomic E-state index is 0.0329. The van der Waals surface area contributed by atoms with Crippen molar-refractivity contribution in [1.82, 2.24) is 14.3 Å². The summed E-state index contributed by atoms with van der Waals surface area (Å²) in [5.41, 5.74) is 1.73. The van der Waals surface area contributed by atoms with Gasteiger partial charge in [0.1, 0.15) is 16.3 Å². The van der Waals surface area contributed by atoms with Crippen LogP contribution in [-0.4, -0.2) is 22.8 Å². The van der Waals surface area contributed by atoms with E-state index in [-0.39, 0.29) is 21.4 Å². The fourth-order valence-corrected chi connectivity index (χ4v) is 4.31. The fraction of sp³-hybridized carbons (Fsp3) is 0. The number of hydrogen-bond donors (Lipinski definition) is 0. The van der Waals surface area contributed by atoms with Gasteiger partial charge in [0, 0.05) is 11.6 Å². The highest BCUT2D eigenvalue weighted by molar-refractivity contribution is 7.90. The number of benzene rings is 2. The lowest BCUT2D eigenvalue weighted by Crippen LogP contribution is -2.16. The molecule has 0 radical (unpaired) electrons. The first-order valence-corrected chi connectivity index (χ1v) is 9.46. The van der Waals surface area contributed by atoms with E-state index in [0.717, 1.165) is 9.65 Å². The first-order chi connectivity index (χ1) is 12.6. The fourth-order valence-electron chi connectivity index (χ4n) is 2.55. The van der Waals surface area contributed by atoms with Crippen LogP contribution < -0.4 is 0 Å². The molecule has 8 heteroatoms. The molecule has 2 aromatic carbocycles. The second kappa shape index (κ2) is 6.44. The zero-order valence-electron chi connectivity index (χ0n) is 13.3. The summed E-state index contributed by atoms with van der Waals surface area (Å²) in [6.07, 6.45) is 1.38. The molecule has 26 heavy (non-hydrogen) atoms. The first-order valence-electron chi connectivity index (χ1n) is 7.64. The number of nitrogens with zero attached hydrogens (tertiary/aromatic N) is 3. The quantitative estimate of drug-likeness (QED) is 0.528. The van der Waals surface area contributed by atoms with Gasteiger partial charge in [0.05, 0.1) is 11.2 Å². The lowest BCUT2D eigenvalue weighted by molar-refractivity contribution is 0.432. The lowest BCUT2D eigenvalue weighted by Gasteiger charge is -2.08. The van der Waals surface area contributed by atoms with Crippen LogP contribution in [0.25, 0.3) is 22.7 Å². The highest BCUT2D eigenvalue weighted by Crippen LogP contribution is 2.29. The van der Waals surface area contributed by atoms with Crippen LogP contribution in [0.2, 0.25) is 5.02 Å². The van der Waals surface area contributed by atoms with Crippen LogP contribution in [0.15, 0.2) is 82.3 Å². The van der Waals surface area contributed by atoms with Gasteiger partial charge in [0.2, 0.25) is 0 Å². The summed E-state index contributed by atoms with van der Waals surface area (Å²) in [6.45, 7) is 0. The van der Waals surface area contributed by atoms with Gasteiger partial charge in [-0.1, -0.05) is 59.2 Å². The van der Waals surface area contributed by atoms with Crippen molar-refractivity contribution in [2.75, 3.05) is 0 Å². The minimum Gasteiger partial charge on any atom is -0.354 e. The van der Waals surface area contributed by atoms with E-state index in [1.807, 2.05) is 30.3 Å². The van der Waals surface area contributed by atoms with Crippen molar-refractivity contribution in [2.24, 2.45) is 0 Å². The Bertz CT molecular complexity index is 1170. The van der Waals surface area contributed by atoms with Crippen molar-refractivity contribution < 1.29 is 12.9 Å². The monoisotopic (exact) mass is 385 g/mol. The van der Waals surface area contributed by atoms with Gasteiger partial charge in [-0.15, -0.1) is 4.09 Å². The van der Waals surface area contributed by atoms with E-state index in [9.17, 15) is 8.42 Å². The number of aromatic nitrogens is 3. The largest absolute Gasteiger partial charge is 0.354 e. The van der Waals surface area contributed by atoms with E-state index in [1.165, 1.54) is 18.3 Å². The molecule has 4 rings (SSSR count). The summed E-state index contributed by atoms with van der Waals surface area (Å²) in [6, 6.07) is 18.9. The Morgan fingerprint density at radius 2 is 1.69 bits per heavy atom. The van der Waals surface area contributed by atoms with E-state index < -0.39 is 10.0 Å². The average Bonchev–Trinajstić information content (AvgIpc) is 3.32. The Morgan fingerprint density at radius 1 is 0.962 bits per heavy atom. The Balaban J connectivity index is 1.79. The van der Waals surface area contributed by atoms with Crippen LogP contribution in [0.5, 0.6) is 0 Å². The van der Waals surface area contributed by atoms with Crippen molar-refractivity contribution >= 4 is 21.6 Å². The summed E-state index contributed by atoms with van der Waals surface area (Å²) in [4.78, 5) is -0.0329. The molecule has 0 aliphatic heterocycles. The van der Waals surface area contributed by atoms with Gasteiger partial charge in [-0.25, -0.2) is 0 Å². The third-order valence-electron chi connectivity index (χ3n) is 3.78. The Labute approximate surface area is 154 Å². The van der Waals surface area contributed by atoms with Gasteiger partial charge in [-0.05, 0) is 18.2 Å². The number of halogens is 1. The molecule has 0 fully saturated rings. The number of hydrogen-bond acceptors (Lipinski definition) is 5. The molecular formula is C18H12ClN3O3S. The van der Waals surface area contributed by atoms with Crippen LogP contribution >= 0.6 is 11.6 Å². The normalized spacial score (nSPS) is 11.6. The van der Waals surface area contributed by atoms with Crippen molar-refractivity contribution in [3.8, 4) is 22.7 Å². The maximum absolute atomic E-state index is 12.9. The van der Waals surface area contributed by atoms with Crippen LogP contribution in [0.3, 0.4) is 0 Å². The molecule has 6 nitrogen and oxygen atoms in total. The van der Waals surface area contributed by atoms with Gasteiger partial charge >= 0.3 is 0 Å². The van der Waals surface area contributed by atoms with Gasteiger partial charge < -0.3 is 4.52 Å². The van der Waals surface area contributed by atoms with Crippen LogP contribution in [0.1, 0.15) is 0 Å². The van der Waals surface area contributed by atoms with Gasteiger partial charge in [-0.3, -0.25) is 0 Å². The Morgan fingerprint density at radius 3 is 2.46 bits per heavy atom. The molecule has 0 bridgehead atoms. The topological polar surface area (TPSA) is 78.0 Å². The second-order valence-electron chi connectivity index (χ2n) is 5.44. The molecule has 0 aliphatic rings. The highest BCUT2D eigenvalue weighted by atomic mass is 35.5.